The summed E-state index contributed by atoms with van der Waals surface area (Å²) in [6, 6.07) is 27.9. The zero-order valence-corrected chi connectivity index (χ0v) is 20.7. The molecule has 0 bridgehead atoms. The zero-order valence-electron chi connectivity index (χ0n) is 20.7. The van der Waals surface area contributed by atoms with Gasteiger partial charge in [0, 0.05) is 11.5 Å². The van der Waals surface area contributed by atoms with E-state index in [0.29, 0.717) is 5.92 Å². The Labute approximate surface area is 211 Å². The first-order valence-corrected chi connectivity index (χ1v) is 12.7. The summed E-state index contributed by atoms with van der Waals surface area (Å²) >= 11 is 0. The Morgan fingerprint density at radius 2 is 1.81 bits per heavy atom. The van der Waals surface area contributed by atoms with Crippen LogP contribution in [-0.4, -0.2) is 19.2 Å². The van der Waals surface area contributed by atoms with Crippen LogP contribution in [0, 0.1) is 5.82 Å². The zero-order chi connectivity index (χ0) is 25.1. The third-order valence-corrected chi connectivity index (χ3v) is 7.40. The average Bonchev–Trinajstić information content (AvgIpc) is 2.92. The van der Waals surface area contributed by atoms with E-state index in [1.165, 1.54) is 29.5 Å². The lowest BCUT2D eigenvalue weighted by molar-refractivity contribution is 0.0595. The first kappa shape index (κ1) is 24.1. The van der Waals surface area contributed by atoms with Crippen LogP contribution in [0.3, 0.4) is 0 Å². The van der Waals surface area contributed by atoms with Gasteiger partial charge in [-0.3, -0.25) is 0 Å². The Bertz CT molecular complexity index is 1370. The lowest BCUT2D eigenvalue weighted by Gasteiger charge is -2.33. The highest BCUT2D eigenvalue weighted by atomic mass is 19.1. The Morgan fingerprint density at radius 3 is 2.67 bits per heavy atom. The van der Waals surface area contributed by atoms with Crippen LogP contribution in [-0.2, 0) is 4.74 Å². The standard InChI is InChI=1S/C32H31FO3/c1-21(25-15-8-11-22-10-3-4-13-26(22)25)9-7-12-24-20-28(27-14-5-6-16-31(27)36-24)23-17-18-30(33)29(19-23)32(34)35-2/h3-6,8,10-11,13-19,21,24,28H,7,9,12,20H2,1-2H3/t21-,24+,28+/m0/s1. The monoisotopic (exact) mass is 482 g/mol. The normalized spacial score (nSPS) is 17.8. The van der Waals surface area contributed by atoms with Crippen LogP contribution in [0.15, 0.2) is 84.9 Å². The lowest BCUT2D eigenvalue weighted by atomic mass is 9.82. The van der Waals surface area contributed by atoms with Crippen molar-refractivity contribution in [3.8, 4) is 5.75 Å². The number of ether oxygens (including phenoxy) is 2. The molecule has 0 spiro atoms. The number of rotatable bonds is 7. The smallest absolute Gasteiger partial charge is 0.340 e. The van der Waals surface area contributed by atoms with Crippen LogP contribution in [0.2, 0.25) is 0 Å². The second-order valence-electron chi connectivity index (χ2n) is 9.70. The molecule has 0 saturated carbocycles. The summed E-state index contributed by atoms with van der Waals surface area (Å²) in [5.74, 6) is 0.116. The Morgan fingerprint density at radius 1 is 1.03 bits per heavy atom. The average molecular weight is 483 g/mol. The quantitative estimate of drug-likeness (QED) is 0.250. The van der Waals surface area contributed by atoms with Crippen molar-refractivity contribution < 1.29 is 18.7 Å². The first-order chi connectivity index (χ1) is 17.5. The minimum Gasteiger partial charge on any atom is -0.490 e. The molecule has 3 atom stereocenters. The van der Waals surface area contributed by atoms with Crippen LogP contribution < -0.4 is 4.74 Å². The second kappa shape index (κ2) is 10.5. The van der Waals surface area contributed by atoms with Gasteiger partial charge >= 0.3 is 5.97 Å². The Hall–Kier alpha value is -3.66. The maximum atomic E-state index is 14.3. The summed E-state index contributed by atoms with van der Waals surface area (Å²) in [6.07, 6.45) is 3.89. The number of esters is 1. The third-order valence-electron chi connectivity index (χ3n) is 7.40. The van der Waals surface area contributed by atoms with Crippen LogP contribution in [0.1, 0.15) is 71.5 Å². The molecule has 0 amide bonds. The first-order valence-electron chi connectivity index (χ1n) is 12.7. The van der Waals surface area contributed by atoms with Crippen LogP contribution in [0.25, 0.3) is 10.8 Å². The van der Waals surface area contributed by atoms with Crippen LogP contribution in [0.4, 0.5) is 4.39 Å². The molecule has 4 aromatic rings. The maximum absolute atomic E-state index is 14.3. The summed E-state index contributed by atoms with van der Waals surface area (Å²) < 4.78 is 25.5. The molecular formula is C32H31FO3. The molecule has 5 rings (SSSR count). The van der Waals surface area contributed by atoms with Gasteiger partial charge in [-0.2, -0.15) is 0 Å². The van der Waals surface area contributed by atoms with Crippen molar-refractivity contribution in [2.24, 2.45) is 0 Å². The number of benzene rings is 4. The number of hydrogen-bond donors (Lipinski definition) is 0. The predicted molar refractivity (Wildman–Crippen MR) is 141 cm³/mol. The highest BCUT2D eigenvalue weighted by Gasteiger charge is 2.30. The predicted octanol–water partition coefficient (Wildman–Crippen LogP) is 8.02. The van der Waals surface area contributed by atoms with E-state index in [-0.39, 0.29) is 17.6 Å². The van der Waals surface area contributed by atoms with Gasteiger partial charge in [0.1, 0.15) is 11.6 Å². The number of fused-ring (bicyclic) bond motifs is 2. The molecule has 4 aromatic carbocycles. The summed E-state index contributed by atoms with van der Waals surface area (Å²) in [4.78, 5) is 12.1. The van der Waals surface area contributed by atoms with Crippen molar-refractivity contribution in [2.45, 2.75) is 50.5 Å². The molecule has 1 aliphatic rings. The summed E-state index contributed by atoms with van der Waals surface area (Å²) in [7, 11) is 1.27. The molecule has 0 saturated heterocycles. The molecule has 4 heteroatoms. The molecule has 36 heavy (non-hydrogen) atoms. The van der Waals surface area contributed by atoms with Crippen molar-refractivity contribution in [3.05, 3.63) is 113 Å². The number of carbonyl (C=O) groups excluding carboxylic acids is 1. The van der Waals surface area contributed by atoms with E-state index in [1.807, 2.05) is 18.2 Å². The van der Waals surface area contributed by atoms with Crippen molar-refractivity contribution in [1.29, 1.82) is 0 Å². The van der Waals surface area contributed by atoms with Crippen molar-refractivity contribution in [2.75, 3.05) is 7.11 Å². The van der Waals surface area contributed by atoms with Crippen LogP contribution in [0.5, 0.6) is 5.75 Å². The van der Waals surface area contributed by atoms with Gasteiger partial charge in [-0.25, -0.2) is 9.18 Å². The van der Waals surface area contributed by atoms with E-state index in [9.17, 15) is 9.18 Å². The van der Waals surface area contributed by atoms with E-state index in [2.05, 4.69) is 55.5 Å². The largest absolute Gasteiger partial charge is 0.490 e. The Balaban J connectivity index is 1.32. The van der Waals surface area contributed by atoms with Gasteiger partial charge in [-0.1, -0.05) is 73.7 Å². The van der Waals surface area contributed by atoms with Gasteiger partial charge < -0.3 is 9.47 Å². The summed E-state index contributed by atoms with van der Waals surface area (Å²) in [6.45, 7) is 2.30. The number of methoxy groups -OCH3 is 1. The second-order valence-corrected chi connectivity index (χ2v) is 9.70. The molecule has 0 unspecified atom stereocenters. The van der Waals surface area contributed by atoms with Crippen molar-refractivity contribution in [3.63, 3.8) is 0 Å². The molecule has 0 aromatic heterocycles. The van der Waals surface area contributed by atoms with Crippen LogP contribution >= 0.6 is 0 Å². The van der Waals surface area contributed by atoms with Gasteiger partial charge in [0.2, 0.25) is 0 Å². The van der Waals surface area contributed by atoms with E-state index < -0.39 is 11.8 Å². The van der Waals surface area contributed by atoms with E-state index in [0.717, 1.165) is 42.6 Å². The summed E-state index contributed by atoms with van der Waals surface area (Å²) in [5, 5.41) is 2.61. The third kappa shape index (κ3) is 4.86. The number of para-hydroxylation sites is 1. The molecule has 0 fully saturated rings. The lowest BCUT2D eigenvalue weighted by Crippen LogP contribution is -2.26. The van der Waals surface area contributed by atoms with Crippen molar-refractivity contribution >= 4 is 16.7 Å². The molecule has 184 valence electrons. The van der Waals surface area contributed by atoms with E-state index >= 15 is 0 Å². The fraction of sp³-hybridized carbons (Fsp3) is 0.281. The Kier molecular flexibility index (Phi) is 7.04. The minimum atomic E-state index is -0.659. The van der Waals surface area contributed by atoms with Crippen molar-refractivity contribution in [1.82, 2.24) is 0 Å². The van der Waals surface area contributed by atoms with Gasteiger partial charge in [0.05, 0.1) is 18.8 Å². The highest BCUT2D eigenvalue weighted by Crippen LogP contribution is 2.42. The van der Waals surface area contributed by atoms with Gasteiger partial charge in [0.15, 0.2) is 0 Å². The maximum Gasteiger partial charge on any atom is 0.340 e. The molecule has 0 radical (unpaired) electrons. The van der Waals surface area contributed by atoms with Gasteiger partial charge in [-0.05, 0) is 71.7 Å². The van der Waals surface area contributed by atoms with Gasteiger partial charge in [-0.15, -0.1) is 0 Å². The molecular weight excluding hydrogens is 451 g/mol. The minimum absolute atomic E-state index is 0.0273. The molecule has 1 aliphatic heterocycles. The van der Waals surface area contributed by atoms with Gasteiger partial charge in [0.25, 0.3) is 0 Å². The van der Waals surface area contributed by atoms with E-state index in [1.54, 1.807) is 12.1 Å². The number of carbonyl (C=O) groups is 1. The molecule has 3 nitrogen and oxygen atoms in total. The van der Waals surface area contributed by atoms with E-state index in [4.69, 9.17) is 9.47 Å². The fourth-order valence-electron chi connectivity index (χ4n) is 5.50. The highest BCUT2D eigenvalue weighted by molar-refractivity contribution is 5.90. The number of halogens is 1. The fourth-order valence-corrected chi connectivity index (χ4v) is 5.50. The topological polar surface area (TPSA) is 35.5 Å². The molecule has 1 heterocycles. The molecule has 0 aliphatic carbocycles. The number of hydrogen-bond acceptors (Lipinski definition) is 3. The SMILES string of the molecule is COC(=O)c1cc([C@H]2C[C@@H](CCC[C@H](C)c3cccc4ccccc34)Oc3ccccc32)ccc1F. The molecule has 0 N–H and O–H groups in total. The summed E-state index contributed by atoms with van der Waals surface area (Å²) in [5.41, 5.74) is 3.34.